The van der Waals surface area contributed by atoms with Gasteiger partial charge in [-0.15, -0.1) is 23.2 Å². The molecule has 3 aromatic rings. The molecule has 46 heavy (non-hydrogen) atoms. The van der Waals surface area contributed by atoms with E-state index in [-0.39, 0.29) is 34.3 Å². The van der Waals surface area contributed by atoms with Crippen LogP contribution in [-0.2, 0) is 21.9 Å². The Balaban J connectivity index is 0.000000266. The van der Waals surface area contributed by atoms with Crippen LogP contribution in [0.3, 0.4) is 0 Å². The maximum Gasteiger partial charge on any atom is 0.416 e. The lowest BCUT2D eigenvalue weighted by Crippen LogP contribution is -2.22. The molecule has 1 atom stereocenters. The number of anilines is 3. The van der Waals surface area contributed by atoms with E-state index in [0.717, 1.165) is 6.07 Å². The second-order valence-corrected chi connectivity index (χ2v) is 11.3. The Labute approximate surface area is 267 Å². The highest BCUT2D eigenvalue weighted by atomic mass is 35.5. The van der Waals surface area contributed by atoms with Gasteiger partial charge >= 0.3 is 18.8 Å². The summed E-state index contributed by atoms with van der Waals surface area (Å²) in [7, 11) is 0. The first-order valence-electron chi connectivity index (χ1n) is 12.2. The zero-order chi connectivity index (χ0) is 34.8. The second kappa shape index (κ2) is 13.9. The summed E-state index contributed by atoms with van der Waals surface area (Å²) >= 11 is 17.2. The van der Waals surface area contributed by atoms with E-state index in [1.165, 1.54) is 23.5 Å². The summed E-state index contributed by atoms with van der Waals surface area (Å²) in [5.41, 5.74) is -4.50. The summed E-state index contributed by atoms with van der Waals surface area (Å²) in [5.74, 6) is -6.32. The Morgan fingerprint density at radius 3 is 1.93 bits per heavy atom. The van der Waals surface area contributed by atoms with E-state index in [1.807, 2.05) is 0 Å². The highest BCUT2D eigenvalue weighted by Gasteiger charge is 2.53. The summed E-state index contributed by atoms with van der Waals surface area (Å²) in [5, 5.41) is 5.75. The fourth-order valence-electron chi connectivity index (χ4n) is 3.74. The van der Waals surface area contributed by atoms with Crippen LogP contribution in [0.5, 0.6) is 0 Å². The molecule has 3 amide bonds. The molecule has 19 heteroatoms. The minimum absolute atomic E-state index is 0.0299. The normalized spacial score (nSPS) is 15.4. The molecule has 0 aromatic heterocycles. The molecular formula is C27H16Cl3F10N3O3. The van der Waals surface area contributed by atoms with Crippen LogP contribution in [0, 0.1) is 11.6 Å². The van der Waals surface area contributed by atoms with E-state index in [0.29, 0.717) is 24.6 Å². The fourth-order valence-corrected chi connectivity index (χ4v) is 4.51. The molecule has 3 N–H and O–H groups in total. The lowest BCUT2D eigenvalue weighted by molar-refractivity contribution is -0.143. The predicted octanol–water partition coefficient (Wildman–Crippen LogP) is 9.03. The molecule has 1 fully saturated rings. The second-order valence-electron chi connectivity index (χ2n) is 9.34. The van der Waals surface area contributed by atoms with Gasteiger partial charge < -0.3 is 16.0 Å². The number of carbonyl (C=O) groups excluding carboxylic acids is 3. The van der Waals surface area contributed by atoms with Crippen molar-refractivity contribution >= 4 is 70.1 Å². The molecule has 248 valence electrons. The molecular weight excluding hydrogens is 711 g/mol. The largest absolute Gasteiger partial charge is 0.416 e. The Bertz CT molecular complexity index is 1620. The van der Waals surface area contributed by atoms with Crippen LogP contribution in [-0.4, -0.2) is 29.0 Å². The molecule has 0 aliphatic heterocycles. The highest BCUT2D eigenvalue weighted by molar-refractivity contribution is 6.51. The lowest BCUT2D eigenvalue weighted by Gasteiger charge is -2.14. The number of rotatable bonds is 7. The van der Waals surface area contributed by atoms with E-state index in [4.69, 9.17) is 34.8 Å². The number of hydrogen-bond donors (Lipinski definition) is 3. The Hall–Kier alpha value is -3.76. The van der Waals surface area contributed by atoms with Gasteiger partial charge in [0.1, 0.15) is 15.8 Å². The SMILES string of the molecule is FC(F)(F)c1cc([C@@H]2CC2(Cl)Cl)cc(C(F)(F)F)c1.O=CNc1ccc(Cl)c(C(=O)Nc2ccc(F)c(NC(=O)C(F)F)c2F)c1. The molecule has 0 spiro atoms. The van der Waals surface area contributed by atoms with E-state index in [2.05, 4.69) is 10.6 Å². The standard InChI is InChI=1S/C16H10ClF4N3O3.C11H6Cl2F6/c17-9-2-1-7(22-6-25)5-8(9)15(26)23-11-4-3-10(18)13(12(11)19)24-16(27)14(20)21;12-9(13)4-8(9)5-1-6(10(14,15)16)3-7(2-5)11(17,18)19/h1-6,14H,(H,22,25)(H,23,26)(H,24,27);1-3,8H,4H2/t;8-/m.0/s1. The first-order chi connectivity index (χ1) is 21.1. The zero-order valence-corrected chi connectivity index (χ0v) is 24.5. The number of hydrogen-bond acceptors (Lipinski definition) is 3. The fraction of sp³-hybridized carbons (Fsp3) is 0.222. The van der Waals surface area contributed by atoms with Crippen molar-refractivity contribution in [1.29, 1.82) is 0 Å². The van der Waals surface area contributed by atoms with E-state index in [9.17, 15) is 58.3 Å². The molecule has 0 heterocycles. The molecule has 0 radical (unpaired) electrons. The van der Waals surface area contributed by atoms with Crippen LogP contribution in [0.2, 0.25) is 5.02 Å². The van der Waals surface area contributed by atoms with Crippen LogP contribution in [0.1, 0.15) is 39.4 Å². The van der Waals surface area contributed by atoms with Gasteiger partial charge in [-0.3, -0.25) is 14.4 Å². The van der Waals surface area contributed by atoms with Gasteiger partial charge in [0.2, 0.25) is 6.41 Å². The van der Waals surface area contributed by atoms with Crippen LogP contribution in [0.25, 0.3) is 0 Å². The van der Waals surface area contributed by atoms with Gasteiger partial charge in [0.05, 0.1) is 27.4 Å². The van der Waals surface area contributed by atoms with Crippen molar-refractivity contribution in [2.24, 2.45) is 0 Å². The quantitative estimate of drug-likeness (QED) is 0.129. The third-order valence-corrected chi connectivity index (χ3v) is 7.23. The van der Waals surface area contributed by atoms with Gasteiger partial charge in [0, 0.05) is 11.6 Å². The number of carbonyl (C=O) groups is 3. The zero-order valence-electron chi connectivity index (χ0n) is 22.2. The first-order valence-corrected chi connectivity index (χ1v) is 13.3. The Morgan fingerprint density at radius 2 is 1.46 bits per heavy atom. The summed E-state index contributed by atoms with van der Waals surface area (Å²) in [6, 6.07) is 6.82. The topological polar surface area (TPSA) is 87.3 Å². The van der Waals surface area contributed by atoms with Gasteiger partial charge in [0.25, 0.3) is 11.8 Å². The molecule has 0 bridgehead atoms. The minimum Gasteiger partial charge on any atom is -0.329 e. The van der Waals surface area contributed by atoms with Crippen LogP contribution >= 0.6 is 34.8 Å². The molecule has 3 aromatic carbocycles. The summed E-state index contributed by atoms with van der Waals surface area (Å²) in [6.45, 7) is 0. The number of nitrogens with one attached hydrogen (secondary N) is 3. The van der Waals surface area contributed by atoms with Crippen molar-refractivity contribution in [2.75, 3.05) is 16.0 Å². The maximum absolute atomic E-state index is 14.3. The van der Waals surface area contributed by atoms with Crippen molar-refractivity contribution in [3.63, 3.8) is 0 Å². The van der Waals surface area contributed by atoms with E-state index >= 15 is 0 Å². The molecule has 0 saturated heterocycles. The molecule has 0 unspecified atom stereocenters. The maximum atomic E-state index is 14.3. The highest BCUT2D eigenvalue weighted by Crippen LogP contribution is 2.60. The van der Waals surface area contributed by atoms with Gasteiger partial charge in [-0.2, -0.15) is 35.1 Å². The van der Waals surface area contributed by atoms with Gasteiger partial charge in [0.15, 0.2) is 5.82 Å². The molecule has 4 rings (SSSR count). The minimum atomic E-state index is -4.85. The average molecular weight is 727 g/mol. The predicted molar refractivity (Wildman–Crippen MR) is 148 cm³/mol. The number of amides is 3. The van der Waals surface area contributed by atoms with Crippen molar-refractivity contribution in [3.8, 4) is 0 Å². The smallest absolute Gasteiger partial charge is 0.329 e. The third kappa shape index (κ3) is 9.16. The Kier molecular flexibility index (Phi) is 11.1. The number of alkyl halides is 10. The van der Waals surface area contributed by atoms with Crippen molar-refractivity contribution < 1.29 is 58.3 Å². The Morgan fingerprint density at radius 1 is 0.891 bits per heavy atom. The van der Waals surface area contributed by atoms with E-state index in [1.54, 1.807) is 0 Å². The summed E-state index contributed by atoms with van der Waals surface area (Å²) in [4.78, 5) is 33.7. The number of benzene rings is 3. The summed E-state index contributed by atoms with van der Waals surface area (Å²) in [6.07, 6.45) is -12.7. The monoisotopic (exact) mass is 725 g/mol. The van der Waals surface area contributed by atoms with Crippen LogP contribution < -0.4 is 16.0 Å². The van der Waals surface area contributed by atoms with Crippen molar-refractivity contribution in [3.05, 3.63) is 87.4 Å². The number of halogens is 13. The van der Waals surface area contributed by atoms with Gasteiger partial charge in [-0.05, 0) is 60.5 Å². The average Bonchev–Trinajstić information content (AvgIpc) is 3.60. The molecule has 6 nitrogen and oxygen atoms in total. The first kappa shape index (κ1) is 36.7. The van der Waals surface area contributed by atoms with Crippen molar-refractivity contribution in [1.82, 2.24) is 0 Å². The van der Waals surface area contributed by atoms with Gasteiger partial charge in [-0.25, -0.2) is 8.78 Å². The summed E-state index contributed by atoms with van der Waals surface area (Å²) < 4.78 is 127. The molecule has 1 aliphatic carbocycles. The lowest BCUT2D eigenvalue weighted by atomic mass is 10.0. The third-order valence-electron chi connectivity index (χ3n) is 6.06. The van der Waals surface area contributed by atoms with Crippen LogP contribution in [0.4, 0.5) is 61.0 Å². The van der Waals surface area contributed by atoms with Gasteiger partial charge in [-0.1, -0.05) is 11.6 Å². The van der Waals surface area contributed by atoms with Crippen LogP contribution in [0.15, 0.2) is 48.5 Å². The van der Waals surface area contributed by atoms with E-state index < -0.39 is 75.0 Å². The van der Waals surface area contributed by atoms with Crippen molar-refractivity contribution in [2.45, 2.75) is 35.5 Å². The molecule has 1 aliphatic rings. The molecule has 1 saturated carbocycles.